The van der Waals surface area contributed by atoms with Gasteiger partial charge in [-0.15, -0.1) is 0 Å². The molecule has 0 saturated carbocycles. The van der Waals surface area contributed by atoms with Crippen molar-refractivity contribution in [3.05, 3.63) is 24.3 Å². The molecule has 1 fully saturated rings. The van der Waals surface area contributed by atoms with Gasteiger partial charge in [0, 0.05) is 25.4 Å². The van der Waals surface area contributed by atoms with Crippen LogP contribution in [0, 0.1) is 0 Å². The van der Waals surface area contributed by atoms with Crippen molar-refractivity contribution in [1.29, 1.82) is 0 Å². The summed E-state index contributed by atoms with van der Waals surface area (Å²) < 4.78 is 31.1. The second kappa shape index (κ2) is 8.41. The zero-order chi connectivity index (χ0) is 18.4. The summed E-state index contributed by atoms with van der Waals surface area (Å²) in [6.07, 6.45) is 1.63. The van der Waals surface area contributed by atoms with Crippen molar-refractivity contribution in [2.75, 3.05) is 32.1 Å². The molecule has 1 atom stereocenters. The second-order valence-corrected chi connectivity index (χ2v) is 7.54. The van der Waals surface area contributed by atoms with E-state index in [1.807, 2.05) is 6.92 Å². The largest absolute Gasteiger partial charge is 0.377 e. The number of carbonyl (C=O) groups is 2. The van der Waals surface area contributed by atoms with Crippen LogP contribution in [0.3, 0.4) is 0 Å². The molecule has 9 heteroatoms. The van der Waals surface area contributed by atoms with Gasteiger partial charge in [-0.05, 0) is 51.1 Å². The van der Waals surface area contributed by atoms with Crippen LogP contribution in [-0.2, 0) is 24.3 Å². The molecule has 1 heterocycles. The number of likely N-dealkylation sites (tertiary alicyclic amines) is 1. The predicted octanol–water partition coefficient (Wildman–Crippen LogP) is 0.561. The summed E-state index contributed by atoms with van der Waals surface area (Å²) >= 11 is 0. The van der Waals surface area contributed by atoms with Crippen molar-refractivity contribution in [2.24, 2.45) is 0 Å². The third-order valence-electron chi connectivity index (χ3n) is 3.95. The van der Waals surface area contributed by atoms with Gasteiger partial charge in [0.15, 0.2) is 0 Å². The zero-order valence-corrected chi connectivity index (χ0v) is 15.1. The fraction of sp³-hybridized carbons (Fsp3) is 0.500. The Balaban J connectivity index is 1.98. The van der Waals surface area contributed by atoms with Gasteiger partial charge < -0.3 is 15.0 Å². The first-order valence-corrected chi connectivity index (χ1v) is 9.61. The highest BCUT2D eigenvalue weighted by molar-refractivity contribution is 7.89. The number of anilines is 1. The molecule has 1 aromatic carbocycles. The van der Waals surface area contributed by atoms with Gasteiger partial charge in [-0.25, -0.2) is 13.1 Å². The molecule has 0 unspecified atom stereocenters. The molecule has 2 N–H and O–H groups in total. The van der Waals surface area contributed by atoms with Crippen molar-refractivity contribution < 1.29 is 22.7 Å². The maximum absolute atomic E-state index is 12.3. The average molecular weight is 369 g/mol. The molecule has 1 saturated heterocycles. The third kappa shape index (κ3) is 5.00. The van der Waals surface area contributed by atoms with Crippen LogP contribution in [0.4, 0.5) is 5.69 Å². The number of sulfonamides is 1. The van der Waals surface area contributed by atoms with Crippen LogP contribution in [0.2, 0.25) is 0 Å². The normalized spacial score (nSPS) is 18.0. The predicted molar refractivity (Wildman–Crippen MR) is 92.5 cm³/mol. The minimum atomic E-state index is -3.54. The summed E-state index contributed by atoms with van der Waals surface area (Å²) in [5.41, 5.74) is 0.353. The number of carbonyl (C=O) groups excluding carboxylic acids is 2. The number of rotatable bonds is 5. The lowest BCUT2D eigenvalue weighted by Gasteiger charge is -2.31. The summed E-state index contributed by atoms with van der Waals surface area (Å²) in [4.78, 5) is 26.0. The number of hydrogen-bond acceptors (Lipinski definition) is 5. The molecule has 2 amide bonds. The summed E-state index contributed by atoms with van der Waals surface area (Å²) in [6.45, 7) is 3.39. The smallest absolute Gasteiger partial charge is 0.313 e. The molecule has 0 spiro atoms. The maximum Gasteiger partial charge on any atom is 0.313 e. The van der Waals surface area contributed by atoms with E-state index in [2.05, 4.69) is 10.0 Å². The van der Waals surface area contributed by atoms with Gasteiger partial charge >= 0.3 is 11.8 Å². The molecule has 138 valence electrons. The van der Waals surface area contributed by atoms with Crippen LogP contribution in [0.5, 0.6) is 0 Å². The molecule has 8 nitrogen and oxygen atoms in total. The number of benzene rings is 1. The zero-order valence-electron chi connectivity index (χ0n) is 14.3. The monoisotopic (exact) mass is 369 g/mol. The molecule has 25 heavy (non-hydrogen) atoms. The van der Waals surface area contributed by atoms with E-state index in [0.29, 0.717) is 25.4 Å². The number of ether oxygens (including phenoxy) is 1. The van der Waals surface area contributed by atoms with Gasteiger partial charge in [0.25, 0.3) is 0 Å². The Morgan fingerprint density at radius 2 is 1.96 bits per heavy atom. The van der Waals surface area contributed by atoms with Gasteiger partial charge in [-0.2, -0.15) is 0 Å². The first-order chi connectivity index (χ1) is 11.9. The molecular formula is C16H23N3O5S. The molecule has 0 bridgehead atoms. The molecular weight excluding hydrogens is 346 g/mol. The number of piperidine rings is 1. The Hall–Kier alpha value is -1.97. The summed E-state index contributed by atoms with van der Waals surface area (Å²) in [5.74, 6) is -1.36. The quantitative estimate of drug-likeness (QED) is 0.738. The number of nitrogens with zero attached hydrogens (tertiary/aromatic N) is 1. The van der Waals surface area contributed by atoms with Crippen LogP contribution in [-0.4, -0.2) is 58.0 Å². The SMILES string of the molecule is CCO[C@H]1CCCN(C(=O)C(=O)Nc2ccc(S(=O)(=O)NC)cc2)C1. The van der Waals surface area contributed by atoms with Crippen LogP contribution < -0.4 is 10.0 Å². The minimum absolute atomic E-state index is 0.0402. The average Bonchev–Trinajstić information content (AvgIpc) is 2.62. The number of nitrogens with one attached hydrogen (secondary N) is 2. The lowest BCUT2D eigenvalue weighted by Crippen LogP contribution is -2.47. The van der Waals surface area contributed by atoms with Crippen LogP contribution in [0.15, 0.2) is 29.2 Å². The highest BCUT2D eigenvalue weighted by Gasteiger charge is 2.28. The first kappa shape index (κ1) is 19.4. The Morgan fingerprint density at radius 3 is 2.56 bits per heavy atom. The van der Waals surface area contributed by atoms with Crippen molar-refractivity contribution >= 4 is 27.5 Å². The van der Waals surface area contributed by atoms with E-state index in [1.165, 1.54) is 36.2 Å². The van der Waals surface area contributed by atoms with Crippen molar-refractivity contribution in [1.82, 2.24) is 9.62 Å². The fourth-order valence-electron chi connectivity index (χ4n) is 2.66. The van der Waals surface area contributed by atoms with E-state index in [4.69, 9.17) is 4.74 Å². The Bertz CT molecular complexity index is 716. The minimum Gasteiger partial charge on any atom is -0.377 e. The van der Waals surface area contributed by atoms with Crippen molar-refractivity contribution in [3.8, 4) is 0 Å². The lowest BCUT2D eigenvalue weighted by molar-refractivity contribution is -0.145. The van der Waals surface area contributed by atoms with Crippen molar-refractivity contribution in [3.63, 3.8) is 0 Å². The van der Waals surface area contributed by atoms with E-state index in [9.17, 15) is 18.0 Å². The Morgan fingerprint density at radius 1 is 1.28 bits per heavy atom. The first-order valence-electron chi connectivity index (χ1n) is 8.13. The summed E-state index contributed by atoms with van der Waals surface area (Å²) in [6, 6.07) is 5.60. The Kier molecular flexibility index (Phi) is 6.51. The van der Waals surface area contributed by atoms with E-state index < -0.39 is 21.8 Å². The third-order valence-corrected chi connectivity index (χ3v) is 5.38. The fourth-order valence-corrected chi connectivity index (χ4v) is 3.39. The van der Waals surface area contributed by atoms with Crippen molar-refractivity contribution in [2.45, 2.75) is 30.8 Å². The van der Waals surface area contributed by atoms with Crippen LogP contribution >= 0.6 is 0 Å². The molecule has 0 aromatic heterocycles. The topological polar surface area (TPSA) is 105 Å². The second-order valence-electron chi connectivity index (χ2n) is 5.66. The van der Waals surface area contributed by atoms with Crippen LogP contribution in [0.25, 0.3) is 0 Å². The van der Waals surface area contributed by atoms with Gasteiger partial charge in [0.05, 0.1) is 11.0 Å². The standard InChI is InChI=1S/C16H23N3O5S/c1-3-24-13-5-4-10-19(11-13)16(21)15(20)18-12-6-8-14(9-7-12)25(22,23)17-2/h6-9,13,17H,3-5,10-11H2,1-2H3,(H,18,20)/t13-/m0/s1. The highest BCUT2D eigenvalue weighted by atomic mass is 32.2. The van der Waals surface area contributed by atoms with Crippen LogP contribution in [0.1, 0.15) is 19.8 Å². The van der Waals surface area contributed by atoms with E-state index in [1.54, 1.807) is 0 Å². The Labute approximate surface area is 147 Å². The van der Waals surface area contributed by atoms with E-state index in [0.717, 1.165) is 12.8 Å². The molecule has 1 aliphatic rings. The molecule has 0 aliphatic carbocycles. The number of hydrogen-bond donors (Lipinski definition) is 2. The maximum atomic E-state index is 12.3. The molecule has 0 radical (unpaired) electrons. The van der Waals surface area contributed by atoms with E-state index in [-0.39, 0.29) is 11.0 Å². The van der Waals surface area contributed by atoms with Gasteiger partial charge in [0.1, 0.15) is 0 Å². The van der Waals surface area contributed by atoms with Gasteiger partial charge in [-0.3, -0.25) is 9.59 Å². The van der Waals surface area contributed by atoms with Gasteiger partial charge in [-0.1, -0.05) is 0 Å². The molecule has 1 aliphatic heterocycles. The van der Waals surface area contributed by atoms with Gasteiger partial charge in [0.2, 0.25) is 10.0 Å². The summed E-state index contributed by atoms with van der Waals surface area (Å²) in [5, 5.41) is 2.50. The van der Waals surface area contributed by atoms with E-state index >= 15 is 0 Å². The highest BCUT2D eigenvalue weighted by Crippen LogP contribution is 2.16. The lowest BCUT2D eigenvalue weighted by atomic mass is 10.1. The molecule has 1 aromatic rings. The molecule has 2 rings (SSSR count). The number of amides is 2. The summed E-state index contributed by atoms with van der Waals surface area (Å²) in [7, 11) is -2.22.